The van der Waals surface area contributed by atoms with Gasteiger partial charge in [0.1, 0.15) is 0 Å². The molecule has 1 atom stereocenters. The van der Waals surface area contributed by atoms with Gasteiger partial charge in [0.15, 0.2) is 0 Å². The fourth-order valence-corrected chi connectivity index (χ4v) is 3.33. The van der Waals surface area contributed by atoms with E-state index >= 15 is 0 Å². The third-order valence-electron chi connectivity index (χ3n) is 4.53. The lowest BCUT2D eigenvalue weighted by molar-refractivity contribution is -0.0623. The van der Waals surface area contributed by atoms with Gasteiger partial charge in [-0.1, -0.05) is 40.0 Å². The summed E-state index contributed by atoms with van der Waals surface area (Å²) in [5, 5.41) is 3.58. The number of rotatable bonds is 4. The Morgan fingerprint density at radius 1 is 1.11 bits per heavy atom. The maximum absolute atomic E-state index is 6.36. The Balaban J connectivity index is 1.64. The molecule has 2 fully saturated rings. The zero-order valence-electron chi connectivity index (χ0n) is 12.6. The van der Waals surface area contributed by atoms with Gasteiger partial charge in [0.2, 0.25) is 0 Å². The van der Waals surface area contributed by atoms with Gasteiger partial charge in [-0.2, -0.15) is 0 Å². The minimum atomic E-state index is 0.286. The molecule has 18 heavy (non-hydrogen) atoms. The van der Waals surface area contributed by atoms with Crippen molar-refractivity contribution in [2.45, 2.75) is 83.8 Å². The van der Waals surface area contributed by atoms with Crippen LogP contribution in [0.4, 0.5) is 0 Å². The molecule has 1 N–H and O–H groups in total. The second-order valence-corrected chi connectivity index (χ2v) is 7.54. The Bertz CT molecular complexity index is 250. The summed E-state index contributed by atoms with van der Waals surface area (Å²) in [5.41, 5.74) is 0.725. The largest absolute Gasteiger partial charge is 0.370 e. The number of ether oxygens (including phenoxy) is 1. The molecule has 2 heteroatoms. The highest BCUT2D eigenvalue weighted by Gasteiger charge is 2.40. The lowest BCUT2D eigenvalue weighted by Crippen LogP contribution is -2.35. The van der Waals surface area contributed by atoms with Crippen molar-refractivity contribution in [3.8, 4) is 0 Å². The first-order chi connectivity index (χ1) is 8.49. The van der Waals surface area contributed by atoms with E-state index < -0.39 is 0 Å². The van der Waals surface area contributed by atoms with Gasteiger partial charge in [0.05, 0.1) is 11.7 Å². The second kappa shape index (κ2) is 5.92. The smallest absolute Gasteiger partial charge is 0.0708 e. The van der Waals surface area contributed by atoms with Crippen LogP contribution in [0.3, 0.4) is 0 Å². The summed E-state index contributed by atoms with van der Waals surface area (Å²) in [6, 6.07) is 0. The Kier molecular flexibility index (Phi) is 4.71. The van der Waals surface area contributed by atoms with E-state index in [2.05, 4.69) is 26.1 Å². The summed E-state index contributed by atoms with van der Waals surface area (Å²) in [6.07, 6.45) is 11.1. The lowest BCUT2D eigenvalue weighted by Gasteiger charge is -2.33. The Morgan fingerprint density at radius 2 is 1.83 bits per heavy atom. The maximum atomic E-state index is 6.36. The molecule has 0 radical (unpaired) electrons. The summed E-state index contributed by atoms with van der Waals surface area (Å²) in [6.45, 7) is 9.08. The molecular weight excluding hydrogens is 222 g/mol. The molecule has 0 aromatic rings. The first-order valence-electron chi connectivity index (χ1n) is 7.88. The van der Waals surface area contributed by atoms with Crippen molar-refractivity contribution in [1.29, 1.82) is 0 Å². The number of hydrogen-bond donors (Lipinski definition) is 1. The first-order valence-corrected chi connectivity index (χ1v) is 7.88. The van der Waals surface area contributed by atoms with Gasteiger partial charge < -0.3 is 10.1 Å². The maximum Gasteiger partial charge on any atom is 0.0708 e. The Morgan fingerprint density at radius 3 is 2.50 bits per heavy atom. The van der Waals surface area contributed by atoms with Crippen molar-refractivity contribution >= 4 is 0 Å². The summed E-state index contributed by atoms with van der Waals surface area (Å²) < 4.78 is 6.36. The van der Waals surface area contributed by atoms with Crippen LogP contribution in [-0.4, -0.2) is 24.8 Å². The van der Waals surface area contributed by atoms with E-state index in [0.717, 1.165) is 13.1 Å². The van der Waals surface area contributed by atoms with E-state index in [9.17, 15) is 0 Å². The molecule has 2 aliphatic rings. The van der Waals surface area contributed by atoms with Crippen LogP contribution in [0.25, 0.3) is 0 Å². The second-order valence-electron chi connectivity index (χ2n) is 7.54. The fraction of sp³-hybridized carbons (Fsp3) is 1.00. The summed E-state index contributed by atoms with van der Waals surface area (Å²) in [7, 11) is 0. The number of nitrogens with one attached hydrogen (secondary N) is 1. The molecule has 0 aromatic heterocycles. The van der Waals surface area contributed by atoms with Gasteiger partial charge in [0.25, 0.3) is 0 Å². The minimum absolute atomic E-state index is 0.286. The highest BCUT2D eigenvalue weighted by atomic mass is 16.5. The molecule has 1 aliphatic carbocycles. The van der Waals surface area contributed by atoms with Gasteiger partial charge in [-0.3, -0.25) is 0 Å². The minimum Gasteiger partial charge on any atom is -0.370 e. The standard InChI is InChI=1S/C16H31NO/c1-15(2,3)11-12-17-13-14-7-10-16(18-14)8-5-4-6-9-16/h14,17H,4-13H2,1-3H3. The van der Waals surface area contributed by atoms with Crippen molar-refractivity contribution in [3.05, 3.63) is 0 Å². The fourth-order valence-electron chi connectivity index (χ4n) is 3.33. The van der Waals surface area contributed by atoms with E-state index in [1.807, 2.05) is 0 Å². The van der Waals surface area contributed by atoms with Gasteiger partial charge in [0, 0.05) is 6.54 Å². The Labute approximate surface area is 113 Å². The van der Waals surface area contributed by atoms with E-state index in [1.165, 1.54) is 51.4 Å². The SMILES string of the molecule is CC(C)(C)CCNCC1CCC2(CCCCC2)O1. The summed E-state index contributed by atoms with van der Waals surface area (Å²) in [5.74, 6) is 0. The summed E-state index contributed by atoms with van der Waals surface area (Å²) >= 11 is 0. The van der Waals surface area contributed by atoms with Crippen molar-refractivity contribution in [1.82, 2.24) is 5.32 Å². The average molecular weight is 253 g/mol. The van der Waals surface area contributed by atoms with E-state index in [4.69, 9.17) is 4.74 Å². The van der Waals surface area contributed by atoms with E-state index in [-0.39, 0.29) is 5.60 Å². The zero-order valence-corrected chi connectivity index (χ0v) is 12.6. The molecule has 1 spiro atoms. The number of hydrogen-bond acceptors (Lipinski definition) is 2. The monoisotopic (exact) mass is 253 g/mol. The van der Waals surface area contributed by atoms with Crippen molar-refractivity contribution in [2.75, 3.05) is 13.1 Å². The molecular formula is C16H31NO. The van der Waals surface area contributed by atoms with Crippen molar-refractivity contribution in [3.63, 3.8) is 0 Å². The molecule has 0 aromatic carbocycles. The van der Waals surface area contributed by atoms with Gasteiger partial charge in [-0.25, -0.2) is 0 Å². The van der Waals surface area contributed by atoms with Crippen molar-refractivity contribution < 1.29 is 4.74 Å². The predicted octanol–water partition coefficient (Wildman–Crippen LogP) is 3.89. The molecule has 2 rings (SSSR count). The van der Waals surface area contributed by atoms with Crippen LogP contribution < -0.4 is 5.32 Å². The molecule has 2 nitrogen and oxygen atoms in total. The highest BCUT2D eigenvalue weighted by Crippen LogP contribution is 2.41. The third kappa shape index (κ3) is 4.24. The lowest BCUT2D eigenvalue weighted by atomic mass is 9.83. The van der Waals surface area contributed by atoms with Crippen LogP contribution >= 0.6 is 0 Å². The van der Waals surface area contributed by atoms with Crippen LogP contribution in [-0.2, 0) is 4.74 Å². The van der Waals surface area contributed by atoms with Crippen molar-refractivity contribution in [2.24, 2.45) is 5.41 Å². The molecule has 106 valence electrons. The molecule has 0 amide bonds. The van der Waals surface area contributed by atoms with Crippen LogP contribution in [0.5, 0.6) is 0 Å². The van der Waals surface area contributed by atoms with Crippen LogP contribution in [0.15, 0.2) is 0 Å². The zero-order chi connectivity index (χ0) is 13.1. The molecule has 1 aliphatic heterocycles. The quantitative estimate of drug-likeness (QED) is 0.767. The van der Waals surface area contributed by atoms with Crippen LogP contribution in [0.1, 0.15) is 72.1 Å². The van der Waals surface area contributed by atoms with Crippen LogP contribution in [0, 0.1) is 5.41 Å². The molecule has 1 saturated heterocycles. The molecule has 1 heterocycles. The summed E-state index contributed by atoms with van der Waals surface area (Å²) in [4.78, 5) is 0. The molecule has 0 bridgehead atoms. The average Bonchev–Trinajstić information content (AvgIpc) is 2.68. The van der Waals surface area contributed by atoms with Gasteiger partial charge in [-0.15, -0.1) is 0 Å². The van der Waals surface area contributed by atoms with E-state index in [1.54, 1.807) is 0 Å². The molecule has 1 unspecified atom stereocenters. The predicted molar refractivity (Wildman–Crippen MR) is 76.9 cm³/mol. The third-order valence-corrected chi connectivity index (χ3v) is 4.53. The van der Waals surface area contributed by atoms with Gasteiger partial charge in [-0.05, 0) is 44.1 Å². The Hall–Kier alpha value is -0.0800. The normalized spacial score (nSPS) is 27.8. The topological polar surface area (TPSA) is 21.3 Å². The van der Waals surface area contributed by atoms with Crippen LogP contribution in [0.2, 0.25) is 0 Å². The highest BCUT2D eigenvalue weighted by molar-refractivity contribution is 4.91. The van der Waals surface area contributed by atoms with E-state index in [0.29, 0.717) is 11.5 Å². The first kappa shape index (κ1) is 14.3. The molecule has 1 saturated carbocycles. The van der Waals surface area contributed by atoms with Gasteiger partial charge >= 0.3 is 0 Å².